The first-order chi connectivity index (χ1) is 9.64. The molecule has 0 bridgehead atoms. The van der Waals surface area contributed by atoms with Gasteiger partial charge in [-0.2, -0.15) is 0 Å². The summed E-state index contributed by atoms with van der Waals surface area (Å²) < 4.78 is 5.31. The van der Waals surface area contributed by atoms with E-state index in [-0.39, 0.29) is 11.5 Å². The molecule has 1 aliphatic rings. The SMILES string of the molecule is CC(N)C1(c2cc(Cl)ccc2NC(=O)OC(C)(C)C)CC1. The number of nitrogens with two attached hydrogens (primary N) is 1. The number of hydrogen-bond donors (Lipinski definition) is 2. The third-order valence-corrected chi connectivity index (χ3v) is 4.05. The maximum atomic E-state index is 12.0. The molecular weight excluding hydrogens is 288 g/mol. The summed E-state index contributed by atoms with van der Waals surface area (Å²) in [4.78, 5) is 12.0. The van der Waals surface area contributed by atoms with Gasteiger partial charge in [-0.15, -0.1) is 0 Å². The van der Waals surface area contributed by atoms with Gasteiger partial charge < -0.3 is 10.5 Å². The summed E-state index contributed by atoms with van der Waals surface area (Å²) in [5, 5.41) is 3.46. The summed E-state index contributed by atoms with van der Waals surface area (Å²) in [6.45, 7) is 7.49. The lowest BCUT2D eigenvalue weighted by Gasteiger charge is -2.25. The Bertz CT molecular complexity index is 546. The molecule has 1 fully saturated rings. The number of carbonyl (C=O) groups excluding carboxylic acids is 1. The molecule has 4 nitrogen and oxygen atoms in total. The van der Waals surface area contributed by atoms with Crippen LogP contribution in [0.5, 0.6) is 0 Å². The van der Waals surface area contributed by atoms with Crippen LogP contribution in [0.3, 0.4) is 0 Å². The van der Waals surface area contributed by atoms with Crippen LogP contribution in [0.4, 0.5) is 10.5 Å². The van der Waals surface area contributed by atoms with E-state index >= 15 is 0 Å². The van der Waals surface area contributed by atoms with Crippen molar-refractivity contribution in [1.29, 1.82) is 0 Å². The van der Waals surface area contributed by atoms with Gasteiger partial charge >= 0.3 is 6.09 Å². The van der Waals surface area contributed by atoms with E-state index in [9.17, 15) is 4.79 Å². The molecular formula is C16H23ClN2O2. The van der Waals surface area contributed by atoms with Crippen molar-refractivity contribution in [3.8, 4) is 0 Å². The molecule has 1 atom stereocenters. The Balaban J connectivity index is 2.27. The number of benzene rings is 1. The average Bonchev–Trinajstić information content (AvgIpc) is 3.10. The summed E-state index contributed by atoms with van der Waals surface area (Å²) in [6.07, 6.45) is 1.55. The minimum absolute atomic E-state index is 0.00940. The smallest absolute Gasteiger partial charge is 0.412 e. The molecule has 0 aromatic heterocycles. The lowest BCUT2D eigenvalue weighted by Crippen LogP contribution is -2.33. The second-order valence-electron chi connectivity index (χ2n) is 6.76. The number of ether oxygens (including phenoxy) is 1. The van der Waals surface area contributed by atoms with Crippen LogP contribution < -0.4 is 11.1 Å². The molecule has 1 amide bonds. The Morgan fingerprint density at radius 3 is 2.52 bits per heavy atom. The van der Waals surface area contributed by atoms with Gasteiger partial charge in [-0.25, -0.2) is 4.79 Å². The van der Waals surface area contributed by atoms with E-state index < -0.39 is 11.7 Å². The molecule has 0 aliphatic heterocycles. The molecule has 1 aromatic carbocycles. The van der Waals surface area contributed by atoms with Gasteiger partial charge in [0.15, 0.2) is 0 Å². The number of hydrogen-bond acceptors (Lipinski definition) is 3. The molecule has 1 unspecified atom stereocenters. The quantitative estimate of drug-likeness (QED) is 0.884. The van der Waals surface area contributed by atoms with E-state index in [1.165, 1.54) is 0 Å². The van der Waals surface area contributed by atoms with E-state index in [1.54, 1.807) is 6.07 Å². The Morgan fingerprint density at radius 2 is 2.05 bits per heavy atom. The molecule has 0 saturated heterocycles. The molecule has 5 heteroatoms. The van der Waals surface area contributed by atoms with Crippen molar-refractivity contribution in [2.45, 2.75) is 57.6 Å². The second kappa shape index (κ2) is 5.50. The lowest BCUT2D eigenvalue weighted by molar-refractivity contribution is 0.0635. The summed E-state index contributed by atoms with van der Waals surface area (Å²) in [5.74, 6) is 0. The maximum Gasteiger partial charge on any atom is 0.412 e. The third kappa shape index (κ3) is 3.69. The third-order valence-electron chi connectivity index (χ3n) is 3.81. The zero-order valence-electron chi connectivity index (χ0n) is 13.0. The van der Waals surface area contributed by atoms with Gasteiger partial charge in [0.05, 0.1) is 0 Å². The molecule has 1 aromatic rings. The van der Waals surface area contributed by atoms with Crippen LogP contribution in [0, 0.1) is 0 Å². The largest absolute Gasteiger partial charge is 0.444 e. The highest BCUT2D eigenvalue weighted by Gasteiger charge is 2.49. The fraction of sp³-hybridized carbons (Fsp3) is 0.562. The fourth-order valence-corrected chi connectivity index (χ4v) is 2.73. The number of carbonyl (C=O) groups is 1. The lowest BCUT2D eigenvalue weighted by atomic mass is 9.88. The van der Waals surface area contributed by atoms with Crippen molar-refractivity contribution in [3.63, 3.8) is 0 Å². The van der Waals surface area contributed by atoms with E-state index in [4.69, 9.17) is 22.1 Å². The minimum Gasteiger partial charge on any atom is -0.444 e. The number of rotatable bonds is 3. The first kappa shape index (κ1) is 16.1. The monoisotopic (exact) mass is 310 g/mol. The van der Waals surface area contributed by atoms with Crippen LogP contribution >= 0.6 is 11.6 Å². The zero-order valence-corrected chi connectivity index (χ0v) is 13.8. The molecule has 0 radical (unpaired) electrons. The molecule has 0 heterocycles. The molecule has 1 aliphatic carbocycles. The minimum atomic E-state index is -0.533. The van der Waals surface area contributed by atoms with E-state index in [0.717, 1.165) is 24.1 Å². The Kier molecular flexibility index (Phi) is 4.22. The van der Waals surface area contributed by atoms with Crippen LogP contribution in [0.2, 0.25) is 5.02 Å². The first-order valence-electron chi connectivity index (χ1n) is 7.20. The van der Waals surface area contributed by atoms with Crippen molar-refractivity contribution in [1.82, 2.24) is 0 Å². The molecule has 2 rings (SSSR count). The summed E-state index contributed by atoms with van der Waals surface area (Å²) in [6, 6.07) is 5.47. The maximum absolute atomic E-state index is 12.0. The van der Waals surface area contributed by atoms with Crippen LogP contribution in [0.25, 0.3) is 0 Å². The highest BCUT2D eigenvalue weighted by Crippen LogP contribution is 2.53. The van der Waals surface area contributed by atoms with Gasteiger partial charge in [0, 0.05) is 22.2 Å². The normalized spacial score (nSPS) is 18.0. The van der Waals surface area contributed by atoms with Crippen molar-refractivity contribution >= 4 is 23.4 Å². The zero-order chi connectivity index (χ0) is 15.8. The standard InChI is InChI=1S/C16H23ClN2O2/c1-10(18)16(7-8-16)12-9-11(17)5-6-13(12)19-14(20)21-15(2,3)4/h5-6,9-10H,7-8,18H2,1-4H3,(H,19,20). The summed E-state index contributed by atoms with van der Waals surface area (Å²) in [7, 11) is 0. The topological polar surface area (TPSA) is 64.3 Å². The van der Waals surface area contributed by atoms with E-state index in [1.807, 2.05) is 39.8 Å². The highest BCUT2D eigenvalue weighted by molar-refractivity contribution is 6.30. The summed E-state index contributed by atoms with van der Waals surface area (Å²) in [5.41, 5.74) is 7.23. The van der Waals surface area contributed by atoms with Crippen LogP contribution in [0.1, 0.15) is 46.1 Å². The van der Waals surface area contributed by atoms with Crippen LogP contribution in [0.15, 0.2) is 18.2 Å². The predicted octanol–water partition coefficient (Wildman–Crippen LogP) is 4.07. The second-order valence-corrected chi connectivity index (χ2v) is 7.20. The van der Waals surface area contributed by atoms with Gasteiger partial charge in [-0.3, -0.25) is 5.32 Å². The number of anilines is 1. The summed E-state index contributed by atoms with van der Waals surface area (Å²) >= 11 is 6.11. The number of nitrogens with one attached hydrogen (secondary N) is 1. The van der Waals surface area contributed by atoms with E-state index in [0.29, 0.717) is 5.02 Å². The Hall–Kier alpha value is -1.26. The molecule has 3 N–H and O–H groups in total. The number of amides is 1. The highest BCUT2D eigenvalue weighted by atomic mass is 35.5. The Morgan fingerprint density at radius 1 is 1.43 bits per heavy atom. The van der Waals surface area contributed by atoms with Crippen molar-refractivity contribution in [2.75, 3.05) is 5.32 Å². The first-order valence-corrected chi connectivity index (χ1v) is 7.57. The average molecular weight is 311 g/mol. The predicted molar refractivity (Wildman–Crippen MR) is 85.9 cm³/mol. The van der Waals surface area contributed by atoms with Crippen molar-refractivity contribution in [3.05, 3.63) is 28.8 Å². The van der Waals surface area contributed by atoms with Crippen LogP contribution in [-0.2, 0) is 10.2 Å². The Labute approximate surface area is 131 Å². The molecule has 1 saturated carbocycles. The van der Waals surface area contributed by atoms with Gasteiger partial charge in [0.1, 0.15) is 5.60 Å². The number of halogens is 1. The van der Waals surface area contributed by atoms with Gasteiger partial charge in [0.25, 0.3) is 0 Å². The van der Waals surface area contributed by atoms with Gasteiger partial charge in [-0.1, -0.05) is 11.6 Å². The molecule has 0 spiro atoms. The van der Waals surface area contributed by atoms with Crippen LogP contribution in [-0.4, -0.2) is 17.7 Å². The molecule has 21 heavy (non-hydrogen) atoms. The van der Waals surface area contributed by atoms with Crippen molar-refractivity contribution < 1.29 is 9.53 Å². The van der Waals surface area contributed by atoms with Gasteiger partial charge in [0.2, 0.25) is 0 Å². The van der Waals surface area contributed by atoms with Gasteiger partial charge in [-0.05, 0) is 64.3 Å². The van der Waals surface area contributed by atoms with Crippen molar-refractivity contribution in [2.24, 2.45) is 5.73 Å². The fourth-order valence-electron chi connectivity index (χ4n) is 2.56. The van der Waals surface area contributed by atoms with E-state index in [2.05, 4.69) is 5.32 Å². The molecule has 116 valence electrons.